The number of carbonyl (C=O) groups is 1. The zero-order chi connectivity index (χ0) is 17.1. The number of aromatic nitrogens is 1. The molecule has 0 aliphatic carbocycles. The lowest BCUT2D eigenvalue weighted by molar-refractivity contribution is -0.383. The maximum Gasteiger partial charge on any atom is 0.310 e. The summed E-state index contributed by atoms with van der Waals surface area (Å²) in [5.74, 6) is -0.398. The number of carbonyl (C=O) groups excluding carboxylic acids is 1. The minimum absolute atomic E-state index is 0.0104. The monoisotopic (exact) mass is 324 g/mol. The maximum atomic E-state index is 11.7. The molecule has 0 fully saturated rings. The van der Waals surface area contributed by atoms with Crippen molar-refractivity contribution < 1.29 is 14.5 Å². The number of aromatic amines is 1. The van der Waals surface area contributed by atoms with Gasteiger partial charge in [0.25, 0.3) is 5.69 Å². The summed E-state index contributed by atoms with van der Waals surface area (Å²) in [6, 6.07) is 14.6. The number of rotatable bonds is 5. The van der Waals surface area contributed by atoms with Crippen LogP contribution in [0.2, 0.25) is 0 Å². The molecule has 0 atom stereocenters. The summed E-state index contributed by atoms with van der Waals surface area (Å²) < 4.78 is 4.92. The molecule has 0 radical (unpaired) electrons. The first-order chi connectivity index (χ1) is 11.6. The van der Waals surface area contributed by atoms with Crippen molar-refractivity contribution in [1.82, 2.24) is 4.98 Å². The lowest BCUT2D eigenvalue weighted by Crippen LogP contribution is -2.07. The molecule has 2 aromatic carbocycles. The van der Waals surface area contributed by atoms with Crippen LogP contribution in [-0.4, -0.2) is 22.5 Å². The number of non-ortho nitro benzene ring substituents is 1. The highest BCUT2D eigenvalue weighted by Crippen LogP contribution is 2.31. The second-order valence-electron chi connectivity index (χ2n) is 5.37. The molecule has 24 heavy (non-hydrogen) atoms. The van der Waals surface area contributed by atoms with E-state index in [9.17, 15) is 14.9 Å². The van der Waals surface area contributed by atoms with Crippen molar-refractivity contribution in [3.63, 3.8) is 0 Å². The number of fused-ring (bicyclic) bond motifs is 1. The average Bonchev–Trinajstić information content (AvgIpc) is 2.99. The molecular formula is C18H16N2O4. The summed E-state index contributed by atoms with van der Waals surface area (Å²) in [5.41, 5.74) is 2.70. The van der Waals surface area contributed by atoms with Gasteiger partial charge in [0.15, 0.2) is 0 Å². The van der Waals surface area contributed by atoms with Gasteiger partial charge in [-0.1, -0.05) is 30.3 Å². The van der Waals surface area contributed by atoms with Crippen LogP contribution in [-0.2, 0) is 16.0 Å². The first-order valence-corrected chi connectivity index (χ1v) is 7.59. The first-order valence-electron chi connectivity index (χ1n) is 7.59. The summed E-state index contributed by atoms with van der Waals surface area (Å²) in [6.07, 6.45) is 0.0104. The summed E-state index contributed by atoms with van der Waals surface area (Å²) in [5, 5.41) is 12.1. The van der Waals surface area contributed by atoms with Crippen molar-refractivity contribution in [2.75, 3.05) is 6.61 Å². The number of H-pyrrole nitrogens is 1. The second-order valence-corrected chi connectivity index (χ2v) is 5.37. The Bertz CT molecular complexity index is 900. The standard InChI is InChI=1S/C18H16N2O4/c1-2-24-17(21)10-12-8-14-11-15(13-6-4-3-5-7-13)19-18(14)16(9-12)20(22)23/h3-9,11,19H,2,10H2,1H3. The van der Waals surface area contributed by atoms with Gasteiger partial charge in [-0.25, -0.2) is 0 Å². The van der Waals surface area contributed by atoms with Gasteiger partial charge in [-0.2, -0.15) is 0 Å². The first kappa shape index (κ1) is 15.7. The molecule has 1 N–H and O–H groups in total. The predicted molar refractivity (Wildman–Crippen MR) is 90.7 cm³/mol. The fourth-order valence-corrected chi connectivity index (χ4v) is 2.68. The van der Waals surface area contributed by atoms with E-state index in [0.29, 0.717) is 16.5 Å². The van der Waals surface area contributed by atoms with Crippen LogP contribution in [0, 0.1) is 10.1 Å². The minimum Gasteiger partial charge on any atom is -0.466 e. The highest BCUT2D eigenvalue weighted by molar-refractivity contribution is 5.93. The molecule has 1 aromatic heterocycles. The van der Waals surface area contributed by atoms with E-state index < -0.39 is 10.9 Å². The molecule has 0 aliphatic heterocycles. The van der Waals surface area contributed by atoms with E-state index in [1.54, 1.807) is 13.0 Å². The molecule has 0 saturated heterocycles. The van der Waals surface area contributed by atoms with Crippen LogP contribution in [0.5, 0.6) is 0 Å². The van der Waals surface area contributed by atoms with Crippen molar-refractivity contribution in [2.24, 2.45) is 0 Å². The number of nitrogens with one attached hydrogen (secondary N) is 1. The molecule has 3 rings (SSSR count). The molecule has 122 valence electrons. The van der Waals surface area contributed by atoms with Crippen LogP contribution in [0.25, 0.3) is 22.2 Å². The van der Waals surface area contributed by atoms with Gasteiger partial charge in [0.1, 0.15) is 5.52 Å². The highest BCUT2D eigenvalue weighted by Gasteiger charge is 2.18. The van der Waals surface area contributed by atoms with Crippen LogP contribution in [0.1, 0.15) is 12.5 Å². The quantitative estimate of drug-likeness (QED) is 0.439. The third-order valence-electron chi connectivity index (χ3n) is 3.70. The molecule has 0 spiro atoms. The summed E-state index contributed by atoms with van der Waals surface area (Å²) >= 11 is 0. The third-order valence-corrected chi connectivity index (χ3v) is 3.70. The second kappa shape index (κ2) is 6.54. The predicted octanol–water partition coefficient (Wildman–Crippen LogP) is 3.85. The fourth-order valence-electron chi connectivity index (χ4n) is 2.68. The molecule has 0 unspecified atom stereocenters. The zero-order valence-corrected chi connectivity index (χ0v) is 13.1. The number of esters is 1. The lowest BCUT2D eigenvalue weighted by Gasteiger charge is -2.03. The molecule has 1 heterocycles. The van der Waals surface area contributed by atoms with E-state index in [-0.39, 0.29) is 18.7 Å². The highest BCUT2D eigenvalue weighted by atomic mass is 16.6. The van der Waals surface area contributed by atoms with Crippen molar-refractivity contribution in [3.8, 4) is 11.3 Å². The zero-order valence-electron chi connectivity index (χ0n) is 13.1. The number of benzene rings is 2. The molecule has 0 amide bonds. The van der Waals surface area contributed by atoms with Crippen LogP contribution in [0.15, 0.2) is 48.5 Å². The number of hydrogen-bond acceptors (Lipinski definition) is 4. The number of nitrogens with zero attached hydrogens (tertiary/aromatic N) is 1. The van der Waals surface area contributed by atoms with E-state index >= 15 is 0 Å². The molecule has 0 bridgehead atoms. The van der Waals surface area contributed by atoms with Crippen LogP contribution >= 0.6 is 0 Å². The van der Waals surface area contributed by atoms with Gasteiger partial charge < -0.3 is 9.72 Å². The lowest BCUT2D eigenvalue weighted by atomic mass is 10.1. The van der Waals surface area contributed by atoms with Crippen LogP contribution in [0.4, 0.5) is 5.69 Å². The third kappa shape index (κ3) is 3.12. The Hall–Kier alpha value is -3.15. The van der Waals surface area contributed by atoms with Gasteiger partial charge in [0.05, 0.1) is 18.0 Å². The Morgan fingerprint density at radius 3 is 2.62 bits per heavy atom. The molecule has 0 aliphatic rings. The summed E-state index contributed by atoms with van der Waals surface area (Å²) in [6.45, 7) is 2.01. The summed E-state index contributed by atoms with van der Waals surface area (Å²) in [7, 11) is 0. The van der Waals surface area contributed by atoms with Gasteiger partial charge in [0, 0.05) is 17.1 Å². The van der Waals surface area contributed by atoms with Crippen molar-refractivity contribution >= 4 is 22.6 Å². The smallest absolute Gasteiger partial charge is 0.310 e. The van der Waals surface area contributed by atoms with E-state index in [0.717, 1.165) is 11.3 Å². The Labute approximate surface area is 138 Å². The van der Waals surface area contributed by atoms with Gasteiger partial charge in [-0.15, -0.1) is 0 Å². The van der Waals surface area contributed by atoms with Gasteiger partial charge in [-0.05, 0) is 30.2 Å². The fraction of sp³-hybridized carbons (Fsp3) is 0.167. The largest absolute Gasteiger partial charge is 0.466 e. The van der Waals surface area contributed by atoms with Gasteiger partial charge in [-0.3, -0.25) is 14.9 Å². The Kier molecular flexibility index (Phi) is 4.29. The van der Waals surface area contributed by atoms with Crippen molar-refractivity contribution in [1.29, 1.82) is 0 Å². The molecule has 3 aromatic rings. The normalized spacial score (nSPS) is 10.7. The Balaban J connectivity index is 2.08. The summed E-state index contributed by atoms with van der Waals surface area (Å²) in [4.78, 5) is 25.7. The molecule has 6 nitrogen and oxygen atoms in total. The number of ether oxygens (including phenoxy) is 1. The molecule has 6 heteroatoms. The topological polar surface area (TPSA) is 85.2 Å². The maximum absolute atomic E-state index is 11.7. The number of nitro groups is 1. The van der Waals surface area contributed by atoms with E-state index in [1.807, 2.05) is 36.4 Å². The minimum atomic E-state index is -0.442. The van der Waals surface area contributed by atoms with Crippen molar-refractivity contribution in [2.45, 2.75) is 13.3 Å². The molecule has 0 saturated carbocycles. The van der Waals surface area contributed by atoms with Gasteiger partial charge >= 0.3 is 5.97 Å². The van der Waals surface area contributed by atoms with Crippen LogP contribution < -0.4 is 0 Å². The van der Waals surface area contributed by atoms with E-state index in [2.05, 4.69) is 4.98 Å². The Morgan fingerprint density at radius 1 is 1.21 bits per heavy atom. The van der Waals surface area contributed by atoms with Gasteiger partial charge in [0.2, 0.25) is 0 Å². The number of hydrogen-bond donors (Lipinski definition) is 1. The number of nitro benzene ring substituents is 1. The van der Waals surface area contributed by atoms with Crippen LogP contribution in [0.3, 0.4) is 0 Å². The Morgan fingerprint density at radius 2 is 1.96 bits per heavy atom. The average molecular weight is 324 g/mol. The molecular weight excluding hydrogens is 308 g/mol. The van der Waals surface area contributed by atoms with E-state index in [1.165, 1.54) is 6.07 Å². The van der Waals surface area contributed by atoms with E-state index in [4.69, 9.17) is 4.74 Å². The van der Waals surface area contributed by atoms with Crippen molar-refractivity contribution in [3.05, 3.63) is 64.2 Å². The SMILES string of the molecule is CCOC(=O)Cc1cc([N+](=O)[O-])c2[nH]c(-c3ccccc3)cc2c1.